The molecule has 0 aromatic heterocycles. The number of imide groups is 1. The number of fused-ring (bicyclic) bond motifs is 1. The molecule has 0 radical (unpaired) electrons. The average Bonchev–Trinajstić information content (AvgIpc) is 2.79. The number of amides is 3. The second kappa shape index (κ2) is 7.39. The lowest BCUT2D eigenvalue weighted by Crippen LogP contribution is -2.41. The van der Waals surface area contributed by atoms with Crippen molar-refractivity contribution in [3.05, 3.63) is 47.0 Å². The van der Waals surface area contributed by atoms with Gasteiger partial charge in [0.2, 0.25) is 5.91 Å². The molecule has 0 saturated heterocycles. The number of nitrogens with zero attached hydrogens (tertiary/aromatic N) is 1. The van der Waals surface area contributed by atoms with E-state index in [1.54, 1.807) is 24.3 Å². The van der Waals surface area contributed by atoms with E-state index in [9.17, 15) is 14.4 Å². The van der Waals surface area contributed by atoms with Crippen molar-refractivity contribution in [3.8, 4) is 0 Å². The summed E-state index contributed by atoms with van der Waals surface area (Å²) in [5.74, 6) is -1.14. The van der Waals surface area contributed by atoms with Crippen LogP contribution in [0.1, 0.15) is 27.1 Å². The first-order valence-corrected chi connectivity index (χ1v) is 7.27. The van der Waals surface area contributed by atoms with Gasteiger partial charge in [0.25, 0.3) is 11.8 Å². The van der Waals surface area contributed by atoms with Crippen LogP contribution in [-0.4, -0.2) is 48.8 Å². The van der Waals surface area contributed by atoms with Crippen LogP contribution < -0.4 is 10.6 Å². The van der Waals surface area contributed by atoms with Crippen molar-refractivity contribution < 1.29 is 14.4 Å². The first kappa shape index (κ1) is 17.2. The highest BCUT2D eigenvalue weighted by Crippen LogP contribution is 2.21. The van der Waals surface area contributed by atoms with E-state index < -0.39 is 11.8 Å². The van der Waals surface area contributed by atoms with Crippen molar-refractivity contribution >= 4 is 30.1 Å². The van der Waals surface area contributed by atoms with E-state index in [1.165, 1.54) is 0 Å². The Hall–Kier alpha value is -2.18. The zero-order chi connectivity index (χ0) is 15.5. The molecule has 6 nitrogen and oxygen atoms in total. The van der Waals surface area contributed by atoms with Crippen LogP contribution in [0, 0.1) is 0 Å². The maximum absolute atomic E-state index is 12.2. The van der Waals surface area contributed by atoms with Gasteiger partial charge in [0.1, 0.15) is 6.54 Å². The van der Waals surface area contributed by atoms with E-state index in [1.807, 2.05) is 6.08 Å². The number of rotatable bonds is 4. The second-order valence-electron chi connectivity index (χ2n) is 5.34. The highest BCUT2D eigenvalue weighted by atomic mass is 35.5. The Labute approximate surface area is 140 Å². The van der Waals surface area contributed by atoms with E-state index >= 15 is 0 Å². The van der Waals surface area contributed by atoms with Gasteiger partial charge in [0.15, 0.2) is 0 Å². The normalized spacial score (nSPS) is 16.5. The van der Waals surface area contributed by atoms with Crippen molar-refractivity contribution in [3.63, 3.8) is 0 Å². The monoisotopic (exact) mass is 335 g/mol. The maximum atomic E-state index is 12.2. The summed E-state index contributed by atoms with van der Waals surface area (Å²) >= 11 is 0. The third-order valence-corrected chi connectivity index (χ3v) is 3.85. The summed E-state index contributed by atoms with van der Waals surface area (Å²) in [5.41, 5.74) is 1.89. The molecule has 3 amide bonds. The Bertz CT molecular complexity index is 637. The SMILES string of the molecule is Cl.O=C(CN1C(=O)c2ccccc2C1=O)NCC1=CCNCC1. The largest absolute Gasteiger partial charge is 0.351 e. The molecule has 3 rings (SSSR count). The molecular formula is C16H18ClN3O3. The molecule has 0 saturated carbocycles. The molecule has 0 atom stereocenters. The molecule has 7 heteroatoms. The van der Waals surface area contributed by atoms with Crippen LogP contribution in [0.25, 0.3) is 0 Å². The summed E-state index contributed by atoms with van der Waals surface area (Å²) < 4.78 is 0. The van der Waals surface area contributed by atoms with Crippen LogP contribution in [0.2, 0.25) is 0 Å². The summed E-state index contributed by atoms with van der Waals surface area (Å²) in [5, 5.41) is 5.96. The Morgan fingerprint density at radius 1 is 1.17 bits per heavy atom. The fraction of sp³-hybridized carbons (Fsp3) is 0.312. The molecule has 0 unspecified atom stereocenters. The lowest BCUT2D eigenvalue weighted by Gasteiger charge is -2.16. The zero-order valence-corrected chi connectivity index (χ0v) is 13.3. The van der Waals surface area contributed by atoms with E-state index in [4.69, 9.17) is 0 Å². The molecule has 122 valence electrons. The number of hydrogen-bond acceptors (Lipinski definition) is 4. The summed E-state index contributed by atoms with van der Waals surface area (Å²) in [4.78, 5) is 37.3. The number of benzene rings is 1. The fourth-order valence-corrected chi connectivity index (χ4v) is 2.62. The molecule has 0 spiro atoms. The highest BCUT2D eigenvalue weighted by molar-refractivity contribution is 6.22. The molecule has 0 aliphatic carbocycles. The summed E-state index contributed by atoms with van der Waals surface area (Å²) in [6.07, 6.45) is 2.94. The summed E-state index contributed by atoms with van der Waals surface area (Å²) in [6, 6.07) is 6.62. The van der Waals surface area contributed by atoms with Gasteiger partial charge in [0.05, 0.1) is 11.1 Å². The lowest BCUT2D eigenvalue weighted by molar-refractivity contribution is -0.121. The third-order valence-electron chi connectivity index (χ3n) is 3.85. The molecule has 2 aliphatic rings. The first-order chi connectivity index (χ1) is 10.7. The molecule has 1 aromatic rings. The predicted molar refractivity (Wildman–Crippen MR) is 87.6 cm³/mol. The number of carbonyl (C=O) groups is 3. The first-order valence-electron chi connectivity index (χ1n) is 7.27. The van der Waals surface area contributed by atoms with Crippen LogP contribution in [0.5, 0.6) is 0 Å². The molecule has 23 heavy (non-hydrogen) atoms. The van der Waals surface area contributed by atoms with E-state index in [2.05, 4.69) is 10.6 Å². The Morgan fingerprint density at radius 3 is 2.39 bits per heavy atom. The van der Waals surface area contributed by atoms with Crippen molar-refractivity contribution in [1.29, 1.82) is 0 Å². The van der Waals surface area contributed by atoms with Gasteiger partial charge in [-0.05, 0) is 25.1 Å². The standard InChI is InChI=1S/C16H17N3O3.ClH/c20-14(18-9-11-5-7-17-8-6-11)10-19-15(21)12-3-1-2-4-13(12)16(19)22;/h1-5,17H,6-10H2,(H,18,20);1H. The average molecular weight is 336 g/mol. The Morgan fingerprint density at radius 2 is 1.83 bits per heavy atom. The van der Waals surface area contributed by atoms with Crippen molar-refractivity contribution in [1.82, 2.24) is 15.5 Å². The number of nitrogens with one attached hydrogen (secondary N) is 2. The fourth-order valence-electron chi connectivity index (χ4n) is 2.62. The van der Waals surface area contributed by atoms with Crippen molar-refractivity contribution in [2.45, 2.75) is 6.42 Å². The van der Waals surface area contributed by atoms with Crippen LogP contribution in [0.15, 0.2) is 35.9 Å². The zero-order valence-electron chi connectivity index (χ0n) is 12.5. The Balaban J connectivity index is 0.00000192. The molecule has 2 N–H and O–H groups in total. The maximum Gasteiger partial charge on any atom is 0.262 e. The lowest BCUT2D eigenvalue weighted by atomic mass is 10.1. The second-order valence-corrected chi connectivity index (χ2v) is 5.34. The predicted octanol–water partition coefficient (Wildman–Crippen LogP) is 0.740. The van der Waals surface area contributed by atoms with Gasteiger partial charge < -0.3 is 10.6 Å². The number of halogens is 1. The summed E-state index contributed by atoms with van der Waals surface area (Å²) in [6.45, 7) is 1.94. The topological polar surface area (TPSA) is 78.5 Å². The minimum absolute atomic E-state index is 0. The van der Waals surface area contributed by atoms with Crippen LogP contribution in [0.4, 0.5) is 0 Å². The molecule has 2 aliphatic heterocycles. The minimum Gasteiger partial charge on any atom is -0.351 e. The van der Waals surface area contributed by atoms with Crippen LogP contribution >= 0.6 is 12.4 Å². The smallest absolute Gasteiger partial charge is 0.262 e. The molecule has 0 fully saturated rings. The van der Waals surface area contributed by atoms with E-state index in [-0.39, 0.29) is 24.9 Å². The third kappa shape index (κ3) is 3.60. The van der Waals surface area contributed by atoms with Gasteiger partial charge in [-0.2, -0.15) is 0 Å². The number of carbonyl (C=O) groups excluding carboxylic acids is 3. The van der Waals surface area contributed by atoms with Crippen LogP contribution in [-0.2, 0) is 4.79 Å². The van der Waals surface area contributed by atoms with Crippen LogP contribution in [0.3, 0.4) is 0 Å². The molecule has 1 aromatic carbocycles. The van der Waals surface area contributed by atoms with E-state index in [0.29, 0.717) is 17.7 Å². The minimum atomic E-state index is -0.406. The van der Waals surface area contributed by atoms with E-state index in [0.717, 1.165) is 30.0 Å². The van der Waals surface area contributed by atoms with Gasteiger partial charge >= 0.3 is 0 Å². The highest BCUT2D eigenvalue weighted by Gasteiger charge is 2.36. The van der Waals surface area contributed by atoms with Gasteiger partial charge in [-0.15, -0.1) is 12.4 Å². The van der Waals surface area contributed by atoms with Gasteiger partial charge in [-0.25, -0.2) is 0 Å². The number of hydrogen-bond donors (Lipinski definition) is 2. The van der Waals surface area contributed by atoms with Crippen molar-refractivity contribution in [2.24, 2.45) is 0 Å². The van der Waals surface area contributed by atoms with Gasteiger partial charge in [-0.1, -0.05) is 23.8 Å². The van der Waals surface area contributed by atoms with Crippen molar-refractivity contribution in [2.75, 3.05) is 26.2 Å². The molecular weight excluding hydrogens is 318 g/mol. The summed E-state index contributed by atoms with van der Waals surface area (Å²) in [7, 11) is 0. The molecule has 2 heterocycles. The van der Waals surface area contributed by atoms with Gasteiger partial charge in [-0.3, -0.25) is 19.3 Å². The van der Waals surface area contributed by atoms with Gasteiger partial charge in [0, 0.05) is 13.1 Å². The Kier molecular flexibility index (Phi) is 5.52. The quantitative estimate of drug-likeness (QED) is 0.628. The molecule has 0 bridgehead atoms.